The second-order valence-corrected chi connectivity index (χ2v) is 2.37. The zero-order valence-corrected chi connectivity index (χ0v) is 8.54. The van der Waals surface area contributed by atoms with Gasteiger partial charge in [-0.05, 0) is 18.6 Å². The van der Waals surface area contributed by atoms with Gasteiger partial charge in [0, 0.05) is 12.7 Å². The first-order chi connectivity index (χ1) is 6.33. The molecule has 0 aliphatic carbocycles. The monoisotopic (exact) mass is 182 g/mol. The molecule has 0 aromatic carbocycles. The molecule has 3 nitrogen and oxygen atoms in total. The molecular weight excluding hydrogens is 164 g/mol. The van der Waals surface area contributed by atoms with Crippen molar-refractivity contribution in [1.29, 1.82) is 0 Å². The summed E-state index contributed by atoms with van der Waals surface area (Å²) in [4.78, 5) is 4.09. The van der Waals surface area contributed by atoms with Gasteiger partial charge in [-0.25, -0.2) is 4.98 Å². The Balaban J connectivity index is 0.000000671. The molecule has 13 heavy (non-hydrogen) atoms. The number of aliphatic hydroxyl groups excluding tert-OH is 1. The molecule has 0 saturated heterocycles. The van der Waals surface area contributed by atoms with Crippen LogP contribution in [0.1, 0.15) is 19.4 Å². The van der Waals surface area contributed by atoms with Gasteiger partial charge in [-0.2, -0.15) is 0 Å². The van der Waals surface area contributed by atoms with Crippen molar-refractivity contribution in [3.05, 3.63) is 23.9 Å². The molecule has 0 radical (unpaired) electrons. The van der Waals surface area contributed by atoms with Gasteiger partial charge in [-0.15, -0.1) is 0 Å². The molecule has 0 aliphatic rings. The van der Waals surface area contributed by atoms with Gasteiger partial charge in [0.25, 0.3) is 0 Å². The lowest BCUT2D eigenvalue weighted by molar-refractivity contribution is 0.311. The van der Waals surface area contributed by atoms with Crippen molar-refractivity contribution in [3.8, 4) is 0 Å². The van der Waals surface area contributed by atoms with Crippen LogP contribution in [0.25, 0.3) is 0 Å². The van der Waals surface area contributed by atoms with Crippen LogP contribution in [-0.4, -0.2) is 23.2 Å². The SMILES string of the molecule is CC.Cc1ccc(NCCO)nc1. The summed E-state index contributed by atoms with van der Waals surface area (Å²) >= 11 is 0. The lowest BCUT2D eigenvalue weighted by Gasteiger charge is -2.01. The predicted octanol–water partition coefficient (Wildman–Crippen LogP) is 1.82. The summed E-state index contributed by atoms with van der Waals surface area (Å²) in [5.41, 5.74) is 1.14. The van der Waals surface area contributed by atoms with E-state index in [0.29, 0.717) is 6.54 Å². The van der Waals surface area contributed by atoms with E-state index in [1.807, 2.05) is 32.9 Å². The van der Waals surface area contributed by atoms with Gasteiger partial charge in [-0.3, -0.25) is 0 Å². The maximum Gasteiger partial charge on any atom is 0.125 e. The predicted molar refractivity (Wildman–Crippen MR) is 55.9 cm³/mol. The van der Waals surface area contributed by atoms with Crippen LogP contribution in [-0.2, 0) is 0 Å². The standard InChI is InChI=1S/C8H12N2O.C2H6/c1-7-2-3-8(10-6-7)9-4-5-11;1-2/h2-3,6,11H,4-5H2,1H3,(H,9,10);1-2H3. The summed E-state index contributed by atoms with van der Waals surface area (Å²) in [5.74, 6) is 0.810. The Labute approximate surface area is 79.8 Å². The number of aliphatic hydroxyl groups is 1. The summed E-state index contributed by atoms with van der Waals surface area (Å²) in [7, 11) is 0. The maximum atomic E-state index is 8.49. The number of pyridine rings is 1. The van der Waals surface area contributed by atoms with E-state index in [1.54, 1.807) is 6.20 Å². The second kappa shape index (κ2) is 7.55. The number of hydrogen-bond donors (Lipinski definition) is 2. The van der Waals surface area contributed by atoms with E-state index < -0.39 is 0 Å². The summed E-state index contributed by atoms with van der Waals surface area (Å²) in [6.45, 7) is 6.68. The minimum absolute atomic E-state index is 0.134. The number of nitrogens with one attached hydrogen (secondary N) is 1. The molecule has 1 heterocycles. The molecule has 0 bridgehead atoms. The molecule has 1 aromatic heterocycles. The lowest BCUT2D eigenvalue weighted by atomic mass is 10.3. The van der Waals surface area contributed by atoms with Crippen molar-refractivity contribution in [1.82, 2.24) is 4.98 Å². The van der Waals surface area contributed by atoms with Crippen molar-refractivity contribution in [2.24, 2.45) is 0 Å². The Hall–Kier alpha value is -1.09. The van der Waals surface area contributed by atoms with E-state index in [9.17, 15) is 0 Å². The van der Waals surface area contributed by atoms with Gasteiger partial charge in [0.1, 0.15) is 5.82 Å². The van der Waals surface area contributed by atoms with Crippen molar-refractivity contribution in [2.75, 3.05) is 18.5 Å². The van der Waals surface area contributed by atoms with Gasteiger partial charge < -0.3 is 10.4 Å². The quantitative estimate of drug-likeness (QED) is 0.749. The molecule has 1 aromatic rings. The van der Waals surface area contributed by atoms with E-state index in [1.165, 1.54) is 0 Å². The van der Waals surface area contributed by atoms with E-state index >= 15 is 0 Å². The first-order valence-electron chi connectivity index (χ1n) is 4.60. The number of hydrogen-bond acceptors (Lipinski definition) is 3. The van der Waals surface area contributed by atoms with Gasteiger partial charge in [0.05, 0.1) is 6.61 Å². The minimum atomic E-state index is 0.134. The van der Waals surface area contributed by atoms with E-state index in [4.69, 9.17) is 5.11 Å². The molecule has 3 heteroatoms. The molecule has 0 unspecified atom stereocenters. The Bertz CT molecular complexity index is 209. The third-order valence-corrected chi connectivity index (χ3v) is 1.33. The molecule has 2 N–H and O–H groups in total. The van der Waals surface area contributed by atoms with Crippen LogP contribution in [0.2, 0.25) is 0 Å². The van der Waals surface area contributed by atoms with Crippen LogP contribution in [0.5, 0.6) is 0 Å². The van der Waals surface area contributed by atoms with E-state index in [0.717, 1.165) is 11.4 Å². The minimum Gasteiger partial charge on any atom is -0.395 e. The first-order valence-corrected chi connectivity index (χ1v) is 4.60. The Morgan fingerprint density at radius 1 is 1.38 bits per heavy atom. The number of rotatable bonds is 3. The first kappa shape index (κ1) is 11.9. The smallest absolute Gasteiger partial charge is 0.125 e. The van der Waals surface area contributed by atoms with Crippen LogP contribution < -0.4 is 5.32 Å². The van der Waals surface area contributed by atoms with Crippen molar-refractivity contribution in [3.63, 3.8) is 0 Å². The average Bonchev–Trinajstić information content (AvgIpc) is 2.20. The number of nitrogens with zero attached hydrogens (tertiary/aromatic N) is 1. The molecular formula is C10H18N2O. The van der Waals surface area contributed by atoms with E-state index in [-0.39, 0.29) is 6.61 Å². The highest BCUT2D eigenvalue weighted by molar-refractivity contribution is 5.34. The highest BCUT2D eigenvalue weighted by Crippen LogP contribution is 2.02. The fraction of sp³-hybridized carbons (Fsp3) is 0.500. The average molecular weight is 182 g/mol. The maximum absolute atomic E-state index is 8.49. The van der Waals surface area contributed by atoms with Gasteiger partial charge >= 0.3 is 0 Å². The Morgan fingerprint density at radius 2 is 2.08 bits per heavy atom. The zero-order valence-electron chi connectivity index (χ0n) is 8.54. The van der Waals surface area contributed by atoms with Crippen LogP contribution in [0, 0.1) is 6.92 Å². The number of aryl methyl sites for hydroxylation is 1. The largest absolute Gasteiger partial charge is 0.395 e. The highest BCUT2D eigenvalue weighted by atomic mass is 16.3. The van der Waals surface area contributed by atoms with Crippen LogP contribution in [0.4, 0.5) is 5.82 Å². The van der Waals surface area contributed by atoms with Crippen molar-refractivity contribution < 1.29 is 5.11 Å². The molecule has 74 valence electrons. The zero-order chi connectivity index (χ0) is 10.1. The topological polar surface area (TPSA) is 45.1 Å². The van der Waals surface area contributed by atoms with Crippen molar-refractivity contribution in [2.45, 2.75) is 20.8 Å². The Kier molecular flexibility index (Phi) is 6.92. The van der Waals surface area contributed by atoms with Crippen molar-refractivity contribution >= 4 is 5.82 Å². The summed E-state index contributed by atoms with van der Waals surface area (Å²) in [6, 6.07) is 3.87. The molecule has 1 rings (SSSR count). The summed E-state index contributed by atoms with van der Waals surface area (Å²) < 4.78 is 0. The third-order valence-electron chi connectivity index (χ3n) is 1.33. The van der Waals surface area contributed by atoms with E-state index in [2.05, 4.69) is 10.3 Å². The molecule has 0 aliphatic heterocycles. The summed E-state index contributed by atoms with van der Waals surface area (Å²) in [6.07, 6.45) is 1.79. The van der Waals surface area contributed by atoms with Gasteiger partial charge in [0.2, 0.25) is 0 Å². The molecule has 0 amide bonds. The highest BCUT2D eigenvalue weighted by Gasteiger charge is 1.89. The fourth-order valence-electron chi connectivity index (χ4n) is 0.756. The molecule has 0 spiro atoms. The third kappa shape index (κ3) is 5.20. The number of aromatic nitrogens is 1. The lowest BCUT2D eigenvalue weighted by Crippen LogP contribution is -2.06. The van der Waals surface area contributed by atoms with Crippen LogP contribution >= 0.6 is 0 Å². The Morgan fingerprint density at radius 3 is 2.54 bits per heavy atom. The van der Waals surface area contributed by atoms with Gasteiger partial charge in [0.15, 0.2) is 0 Å². The summed E-state index contributed by atoms with van der Waals surface area (Å²) in [5, 5.41) is 11.5. The second-order valence-electron chi connectivity index (χ2n) is 2.37. The van der Waals surface area contributed by atoms with Crippen LogP contribution in [0.3, 0.4) is 0 Å². The normalized spacial score (nSPS) is 8.62. The number of anilines is 1. The fourth-order valence-corrected chi connectivity index (χ4v) is 0.756. The molecule has 0 atom stereocenters. The van der Waals surface area contributed by atoms with Crippen LogP contribution in [0.15, 0.2) is 18.3 Å². The van der Waals surface area contributed by atoms with Gasteiger partial charge in [-0.1, -0.05) is 19.9 Å². The molecule has 0 saturated carbocycles. The molecule has 0 fully saturated rings.